The molecule has 3 nitrogen and oxygen atoms in total. The summed E-state index contributed by atoms with van der Waals surface area (Å²) in [5.74, 6) is 0.233. The van der Waals surface area contributed by atoms with Crippen molar-refractivity contribution in [2.75, 3.05) is 13.1 Å². The fourth-order valence-electron chi connectivity index (χ4n) is 3.36. The first kappa shape index (κ1) is 15.5. The van der Waals surface area contributed by atoms with E-state index in [4.69, 9.17) is 0 Å². The van der Waals surface area contributed by atoms with E-state index >= 15 is 0 Å². The number of carbonyl (C=O) groups excluding carboxylic acids is 1. The second-order valence-corrected chi connectivity index (χ2v) is 6.95. The molecule has 0 radical (unpaired) electrons. The lowest BCUT2D eigenvalue weighted by Gasteiger charge is -2.32. The molecule has 1 aliphatic heterocycles. The highest BCUT2D eigenvalue weighted by Gasteiger charge is 2.31. The Balaban J connectivity index is 1.31. The maximum atomic E-state index is 12.1. The molecule has 2 fully saturated rings. The lowest BCUT2D eigenvalue weighted by molar-refractivity contribution is -0.122. The Morgan fingerprint density at radius 3 is 2.45 bits per heavy atom. The van der Waals surface area contributed by atoms with Crippen LogP contribution in [0, 0.1) is 6.92 Å². The third kappa shape index (κ3) is 4.57. The van der Waals surface area contributed by atoms with E-state index in [2.05, 4.69) is 41.4 Å². The average Bonchev–Trinajstić information content (AvgIpc) is 3.35. The summed E-state index contributed by atoms with van der Waals surface area (Å²) in [5.41, 5.74) is 2.62. The highest BCUT2D eigenvalue weighted by atomic mass is 16.1. The number of carbonyl (C=O) groups is 1. The van der Waals surface area contributed by atoms with Crippen molar-refractivity contribution in [3.05, 3.63) is 35.4 Å². The molecule has 1 aromatic carbocycles. The summed E-state index contributed by atoms with van der Waals surface area (Å²) in [7, 11) is 0. The number of hydrogen-bond donors (Lipinski definition) is 1. The molecule has 1 saturated heterocycles. The number of amides is 1. The number of piperidine rings is 1. The van der Waals surface area contributed by atoms with Crippen LogP contribution in [0.25, 0.3) is 0 Å². The highest BCUT2D eigenvalue weighted by molar-refractivity contribution is 5.76. The van der Waals surface area contributed by atoms with E-state index < -0.39 is 0 Å². The zero-order chi connectivity index (χ0) is 15.4. The van der Waals surface area contributed by atoms with Crippen LogP contribution in [0.2, 0.25) is 0 Å². The summed E-state index contributed by atoms with van der Waals surface area (Å²) in [6, 6.07) is 9.89. The lowest BCUT2D eigenvalue weighted by Crippen LogP contribution is -2.45. The Hall–Kier alpha value is -1.35. The number of nitrogens with one attached hydrogen (secondary N) is 1. The highest BCUT2D eigenvalue weighted by Crippen LogP contribution is 2.29. The van der Waals surface area contributed by atoms with E-state index in [0.29, 0.717) is 12.5 Å². The molecule has 0 atom stereocenters. The van der Waals surface area contributed by atoms with Crippen LogP contribution < -0.4 is 5.32 Å². The van der Waals surface area contributed by atoms with Gasteiger partial charge in [-0.2, -0.15) is 0 Å². The van der Waals surface area contributed by atoms with Gasteiger partial charge in [0.2, 0.25) is 5.91 Å². The first-order valence-corrected chi connectivity index (χ1v) is 8.79. The van der Waals surface area contributed by atoms with Crippen molar-refractivity contribution < 1.29 is 4.79 Å². The molecule has 1 aliphatic carbocycles. The standard InChI is InChI=1S/C19H28N2O/c1-15-5-7-16(8-6-15)3-2-4-19(22)20-17-11-13-21(14-12-17)18-9-10-18/h5-8,17-18H,2-4,9-14H2,1H3,(H,20,22). The van der Waals surface area contributed by atoms with Gasteiger partial charge in [-0.05, 0) is 51.0 Å². The number of likely N-dealkylation sites (tertiary alicyclic amines) is 1. The summed E-state index contributed by atoms with van der Waals surface area (Å²) < 4.78 is 0. The largest absolute Gasteiger partial charge is 0.353 e. The minimum atomic E-state index is 0.233. The predicted molar refractivity (Wildman–Crippen MR) is 89.9 cm³/mol. The van der Waals surface area contributed by atoms with Gasteiger partial charge in [0.15, 0.2) is 0 Å². The number of aryl methyl sites for hydroxylation is 2. The quantitative estimate of drug-likeness (QED) is 0.875. The summed E-state index contributed by atoms with van der Waals surface area (Å²) in [5, 5.41) is 3.23. The molecule has 3 heteroatoms. The summed E-state index contributed by atoms with van der Waals surface area (Å²) in [4.78, 5) is 14.7. The molecular weight excluding hydrogens is 272 g/mol. The fraction of sp³-hybridized carbons (Fsp3) is 0.632. The van der Waals surface area contributed by atoms with E-state index in [0.717, 1.165) is 31.7 Å². The molecule has 1 aromatic rings. The van der Waals surface area contributed by atoms with Gasteiger partial charge in [0.05, 0.1) is 0 Å². The molecule has 3 rings (SSSR count). The van der Waals surface area contributed by atoms with Gasteiger partial charge in [0, 0.05) is 31.6 Å². The number of nitrogens with zero attached hydrogens (tertiary/aromatic N) is 1. The molecule has 0 aromatic heterocycles. The van der Waals surface area contributed by atoms with Crippen molar-refractivity contribution in [1.29, 1.82) is 0 Å². The lowest BCUT2D eigenvalue weighted by atomic mass is 10.0. The molecule has 1 N–H and O–H groups in total. The number of hydrogen-bond acceptors (Lipinski definition) is 2. The zero-order valence-electron chi connectivity index (χ0n) is 13.7. The van der Waals surface area contributed by atoms with Crippen LogP contribution in [0.15, 0.2) is 24.3 Å². The summed E-state index contributed by atoms with van der Waals surface area (Å²) in [6.07, 6.45) is 7.60. The van der Waals surface area contributed by atoms with Crippen LogP contribution in [0.4, 0.5) is 0 Å². The minimum Gasteiger partial charge on any atom is -0.353 e. The van der Waals surface area contributed by atoms with Gasteiger partial charge in [-0.1, -0.05) is 29.8 Å². The van der Waals surface area contributed by atoms with Gasteiger partial charge in [-0.15, -0.1) is 0 Å². The van der Waals surface area contributed by atoms with E-state index in [1.807, 2.05) is 0 Å². The normalized spacial score (nSPS) is 20.0. The predicted octanol–water partition coefficient (Wildman–Crippen LogP) is 3.06. The second kappa shape index (κ2) is 7.28. The van der Waals surface area contributed by atoms with Gasteiger partial charge in [0.1, 0.15) is 0 Å². The molecular formula is C19H28N2O. The van der Waals surface area contributed by atoms with Crippen LogP contribution in [0.5, 0.6) is 0 Å². The molecule has 120 valence electrons. The van der Waals surface area contributed by atoms with Crippen molar-refractivity contribution in [3.63, 3.8) is 0 Å². The van der Waals surface area contributed by atoms with Gasteiger partial charge in [-0.3, -0.25) is 4.79 Å². The van der Waals surface area contributed by atoms with Crippen LogP contribution in [0.3, 0.4) is 0 Å². The fourth-order valence-corrected chi connectivity index (χ4v) is 3.36. The summed E-state index contributed by atoms with van der Waals surface area (Å²) in [6.45, 7) is 4.43. The Morgan fingerprint density at radius 2 is 1.82 bits per heavy atom. The monoisotopic (exact) mass is 300 g/mol. The first-order chi connectivity index (χ1) is 10.7. The number of benzene rings is 1. The molecule has 0 bridgehead atoms. The average molecular weight is 300 g/mol. The maximum absolute atomic E-state index is 12.1. The van der Waals surface area contributed by atoms with Crippen LogP contribution in [-0.2, 0) is 11.2 Å². The Labute approximate surface area is 134 Å². The molecule has 1 saturated carbocycles. The van der Waals surface area contributed by atoms with Crippen molar-refractivity contribution in [2.24, 2.45) is 0 Å². The smallest absolute Gasteiger partial charge is 0.220 e. The summed E-state index contributed by atoms with van der Waals surface area (Å²) >= 11 is 0. The van der Waals surface area contributed by atoms with Crippen molar-refractivity contribution in [3.8, 4) is 0 Å². The SMILES string of the molecule is Cc1ccc(CCCC(=O)NC2CCN(C3CC3)CC2)cc1. The first-order valence-electron chi connectivity index (χ1n) is 8.79. The molecule has 22 heavy (non-hydrogen) atoms. The van der Waals surface area contributed by atoms with Crippen LogP contribution in [0.1, 0.15) is 49.7 Å². The maximum Gasteiger partial charge on any atom is 0.220 e. The van der Waals surface area contributed by atoms with Gasteiger partial charge < -0.3 is 10.2 Å². The van der Waals surface area contributed by atoms with Gasteiger partial charge in [-0.25, -0.2) is 0 Å². The molecule has 0 unspecified atom stereocenters. The van der Waals surface area contributed by atoms with Crippen molar-refractivity contribution >= 4 is 5.91 Å². The molecule has 1 heterocycles. The van der Waals surface area contributed by atoms with Crippen LogP contribution in [-0.4, -0.2) is 36.0 Å². The van der Waals surface area contributed by atoms with E-state index in [9.17, 15) is 4.79 Å². The van der Waals surface area contributed by atoms with E-state index in [1.165, 1.54) is 37.1 Å². The van der Waals surface area contributed by atoms with Gasteiger partial charge >= 0.3 is 0 Å². The Kier molecular flexibility index (Phi) is 5.14. The van der Waals surface area contributed by atoms with Crippen LogP contribution >= 0.6 is 0 Å². The zero-order valence-corrected chi connectivity index (χ0v) is 13.7. The van der Waals surface area contributed by atoms with Crippen molar-refractivity contribution in [1.82, 2.24) is 10.2 Å². The van der Waals surface area contributed by atoms with E-state index in [1.54, 1.807) is 0 Å². The molecule has 1 amide bonds. The molecule has 2 aliphatic rings. The second-order valence-electron chi connectivity index (χ2n) is 6.95. The third-order valence-corrected chi connectivity index (χ3v) is 4.95. The third-order valence-electron chi connectivity index (χ3n) is 4.95. The topological polar surface area (TPSA) is 32.3 Å². The van der Waals surface area contributed by atoms with E-state index in [-0.39, 0.29) is 5.91 Å². The minimum absolute atomic E-state index is 0.233. The Morgan fingerprint density at radius 1 is 1.14 bits per heavy atom. The van der Waals surface area contributed by atoms with Crippen molar-refractivity contribution in [2.45, 2.75) is 64.0 Å². The number of rotatable bonds is 6. The molecule has 0 spiro atoms. The van der Waals surface area contributed by atoms with Gasteiger partial charge in [0.25, 0.3) is 0 Å². The Bertz CT molecular complexity index is 485.